The number of ether oxygens (including phenoxy) is 2. The maximum absolute atomic E-state index is 12.7. The maximum atomic E-state index is 12.7. The molecular weight excluding hydrogens is 406 g/mol. The largest absolute Gasteiger partial charge is 0.495 e. The highest BCUT2D eigenvalue weighted by Gasteiger charge is 2.20. The summed E-state index contributed by atoms with van der Waals surface area (Å²) < 4.78 is 38.4. The summed E-state index contributed by atoms with van der Waals surface area (Å²) in [5.41, 5.74) is 0.423. The van der Waals surface area contributed by atoms with Crippen molar-refractivity contribution < 1.29 is 22.7 Å². The lowest BCUT2D eigenvalue weighted by molar-refractivity contribution is -0.137. The van der Waals surface area contributed by atoms with Crippen LogP contribution in [0.15, 0.2) is 56.9 Å². The van der Waals surface area contributed by atoms with Crippen molar-refractivity contribution in [3.8, 4) is 5.75 Å². The summed E-state index contributed by atoms with van der Waals surface area (Å²) in [6, 6.07) is 12.2. The number of hydrogen-bond donors (Lipinski definition) is 1. The van der Waals surface area contributed by atoms with Gasteiger partial charge in [0.1, 0.15) is 9.96 Å². The van der Waals surface area contributed by atoms with Crippen LogP contribution >= 0.6 is 23.1 Å². The van der Waals surface area contributed by atoms with E-state index in [-0.39, 0.29) is 15.9 Å². The van der Waals surface area contributed by atoms with Crippen molar-refractivity contribution in [1.82, 2.24) is 0 Å². The molecule has 0 radical (unpaired) electrons. The second-order valence-corrected chi connectivity index (χ2v) is 9.28. The van der Waals surface area contributed by atoms with Crippen LogP contribution in [-0.2, 0) is 19.6 Å². The first-order valence-electron chi connectivity index (χ1n) is 7.82. The summed E-state index contributed by atoms with van der Waals surface area (Å²) in [7, 11) is -0.845. The fourth-order valence-electron chi connectivity index (χ4n) is 2.53. The molecule has 0 bridgehead atoms. The van der Waals surface area contributed by atoms with E-state index in [9.17, 15) is 13.2 Å². The summed E-state index contributed by atoms with van der Waals surface area (Å²) in [6.45, 7) is 0. The molecule has 0 unspecified atom stereocenters. The summed E-state index contributed by atoms with van der Waals surface area (Å²) >= 11 is 2.37. The molecule has 0 aliphatic rings. The molecule has 0 aliphatic heterocycles. The van der Waals surface area contributed by atoms with Crippen LogP contribution in [0.4, 0.5) is 5.69 Å². The van der Waals surface area contributed by atoms with Gasteiger partial charge < -0.3 is 9.47 Å². The van der Waals surface area contributed by atoms with Gasteiger partial charge >= 0.3 is 5.97 Å². The number of thioether (sulfide) groups is 1. The van der Waals surface area contributed by atoms with Crippen molar-refractivity contribution in [3.63, 3.8) is 0 Å². The summed E-state index contributed by atoms with van der Waals surface area (Å²) in [5, 5.41) is 3.16. The number of carbonyl (C=O) groups is 1. The van der Waals surface area contributed by atoms with E-state index >= 15 is 0 Å². The Morgan fingerprint density at radius 1 is 1.15 bits per heavy atom. The molecular formula is C18H17NO5S3. The molecule has 0 saturated heterocycles. The Hall–Kier alpha value is -2.23. The van der Waals surface area contributed by atoms with Gasteiger partial charge in [-0.3, -0.25) is 9.52 Å². The molecule has 0 amide bonds. The Labute approximate surface area is 165 Å². The number of fused-ring (bicyclic) bond motifs is 1. The smallest absolute Gasteiger partial charge is 0.315 e. The van der Waals surface area contributed by atoms with E-state index in [0.717, 1.165) is 16.7 Å². The van der Waals surface area contributed by atoms with Crippen LogP contribution in [-0.4, -0.2) is 34.4 Å². The first-order chi connectivity index (χ1) is 13.0. The lowest BCUT2D eigenvalue weighted by Crippen LogP contribution is -2.12. The van der Waals surface area contributed by atoms with Crippen LogP contribution in [0.25, 0.3) is 10.8 Å². The molecule has 0 spiro atoms. The van der Waals surface area contributed by atoms with Crippen molar-refractivity contribution in [2.45, 2.75) is 9.10 Å². The third kappa shape index (κ3) is 4.20. The highest BCUT2D eigenvalue weighted by atomic mass is 32.2. The van der Waals surface area contributed by atoms with Crippen molar-refractivity contribution in [2.24, 2.45) is 0 Å². The molecule has 1 aromatic heterocycles. The zero-order valence-corrected chi connectivity index (χ0v) is 17.0. The van der Waals surface area contributed by atoms with E-state index in [4.69, 9.17) is 4.74 Å². The zero-order chi connectivity index (χ0) is 19.4. The summed E-state index contributed by atoms with van der Waals surface area (Å²) in [6.07, 6.45) is 0. The number of esters is 1. The third-order valence-corrected chi connectivity index (χ3v) is 7.50. The van der Waals surface area contributed by atoms with Crippen LogP contribution in [0.2, 0.25) is 0 Å². The minimum absolute atomic E-state index is 0.0856. The predicted octanol–water partition coefficient (Wildman–Crippen LogP) is 3.98. The second kappa shape index (κ2) is 8.20. The number of methoxy groups -OCH3 is 2. The molecule has 0 fully saturated rings. The highest BCUT2D eigenvalue weighted by molar-refractivity contribution is 8.00. The van der Waals surface area contributed by atoms with Gasteiger partial charge in [-0.2, -0.15) is 0 Å². The standard InChI is InChI=1S/C18H17NO5S3/c1-23-16(20)11-26-15-10-14(19-27(21,22)17-8-5-9-25-17)12-6-3-4-7-13(12)18(15)24-2/h3-10,19H,11H2,1-2H3. The van der Waals surface area contributed by atoms with Crippen molar-refractivity contribution in [3.05, 3.63) is 47.8 Å². The fourth-order valence-corrected chi connectivity index (χ4v) is 5.51. The van der Waals surface area contributed by atoms with Crippen molar-refractivity contribution >= 4 is 55.6 Å². The second-order valence-electron chi connectivity index (χ2n) is 5.40. The van der Waals surface area contributed by atoms with E-state index in [1.165, 1.54) is 18.9 Å². The molecule has 2 aromatic carbocycles. The lowest BCUT2D eigenvalue weighted by atomic mass is 10.1. The van der Waals surface area contributed by atoms with E-state index in [0.29, 0.717) is 21.7 Å². The van der Waals surface area contributed by atoms with Gasteiger partial charge in [0.15, 0.2) is 0 Å². The van der Waals surface area contributed by atoms with Gasteiger partial charge in [0.25, 0.3) is 10.0 Å². The van der Waals surface area contributed by atoms with E-state index < -0.39 is 10.0 Å². The van der Waals surface area contributed by atoms with Crippen LogP contribution < -0.4 is 9.46 Å². The van der Waals surface area contributed by atoms with Crippen LogP contribution in [0.3, 0.4) is 0 Å². The Morgan fingerprint density at radius 2 is 1.89 bits per heavy atom. The number of carbonyl (C=O) groups excluding carboxylic acids is 1. The Kier molecular flexibility index (Phi) is 5.93. The number of benzene rings is 2. The van der Waals surface area contributed by atoms with Gasteiger partial charge in [0.05, 0.1) is 30.6 Å². The molecule has 0 atom stereocenters. The normalized spacial score (nSPS) is 11.3. The minimum Gasteiger partial charge on any atom is -0.495 e. The molecule has 3 aromatic rings. The molecule has 1 N–H and O–H groups in total. The summed E-state index contributed by atoms with van der Waals surface area (Å²) in [4.78, 5) is 12.2. The monoisotopic (exact) mass is 423 g/mol. The fraction of sp³-hybridized carbons (Fsp3) is 0.167. The van der Waals surface area contributed by atoms with Gasteiger partial charge in [-0.15, -0.1) is 23.1 Å². The molecule has 0 saturated carbocycles. The van der Waals surface area contributed by atoms with Gasteiger partial charge in [0.2, 0.25) is 0 Å². The first kappa shape index (κ1) is 19.5. The van der Waals surface area contributed by atoms with Gasteiger partial charge in [-0.05, 0) is 17.5 Å². The molecule has 6 nitrogen and oxygen atoms in total. The summed E-state index contributed by atoms with van der Waals surface area (Å²) in [5.74, 6) is 0.289. The van der Waals surface area contributed by atoms with E-state index in [1.807, 2.05) is 24.3 Å². The van der Waals surface area contributed by atoms with Crippen LogP contribution in [0.1, 0.15) is 0 Å². The Morgan fingerprint density at radius 3 is 2.52 bits per heavy atom. The molecule has 0 aliphatic carbocycles. The average Bonchev–Trinajstić information content (AvgIpc) is 3.21. The van der Waals surface area contributed by atoms with Crippen molar-refractivity contribution in [2.75, 3.05) is 24.7 Å². The number of rotatable bonds is 7. The Bertz CT molecular complexity index is 1060. The molecule has 3 rings (SSSR count). The number of hydrogen-bond acceptors (Lipinski definition) is 7. The van der Waals surface area contributed by atoms with Gasteiger partial charge in [-0.25, -0.2) is 8.42 Å². The van der Waals surface area contributed by atoms with E-state index in [2.05, 4.69) is 9.46 Å². The van der Waals surface area contributed by atoms with Gasteiger partial charge in [-0.1, -0.05) is 30.3 Å². The maximum Gasteiger partial charge on any atom is 0.315 e. The van der Waals surface area contributed by atoms with Crippen LogP contribution in [0, 0.1) is 0 Å². The highest BCUT2D eigenvalue weighted by Crippen LogP contribution is 2.41. The van der Waals surface area contributed by atoms with Crippen molar-refractivity contribution in [1.29, 1.82) is 0 Å². The molecule has 1 heterocycles. The minimum atomic E-state index is -3.71. The lowest BCUT2D eigenvalue weighted by Gasteiger charge is -2.16. The number of anilines is 1. The number of sulfonamides is 1. The molecule has 9 heteroatoms. The third-order valence-electron chi connectivity index (χ3n) is 3.74. The topological polar surface area (TPSA) is 81.7 Å². The first-order valence-corrected chi connectivity index (χ1v) is 11.2. The molecule has 27 heavy (non-hydrogen) atoms. The predicted molar refractivity (Wildman–Crippen MR) is 108 cm³/mol. The average molecular weight is 424 g/mol. The molecule has 142 valence electrons. The Balaban J connectivity index is 2.10. The SMILES string of the molecule is COC(=O)CSc1cc(NS(=O)(=O)c2cccs2)c2ccccc2c1OC. The number of nitrogens with one attached hydrogen (secondary N) is 1. The van der Waals surface area contributed by atoms with Gasteiger partial charge in [0, 0.05) is 10.8 Å². The van der Waals surface area contributed by atoms with E-state index in [1.54, 1.807) is 30.7 Å². The zero-order valence-electron chi connectivity index (χ0n) is 14.6. The van der Waals surface area contributed by atoms with Crippen LogP contribution in [0.5, 0.6) is 5.75 Å². The number of thiophene rings is 1. The quantitative estimate of drug-likeness (QED) is 0.457.